The lowest BCUT2D eigenvalue weighted by atomic mass is 9.41. The number of aryl methyl sites for hydroxylation is 1. The van der Waals surface area contributed by atoms with Crippen molar-refractivity contribution in [3.63, 3.8) is 0 Å². The molecule has 9 nitrogen and oxygen atoms in total. The van der Waals surface area contributed by atoms with Crippen LogP contribution in [0.2, 0.25) is 0 Å². The predicted octanol–water partition coefficient (Wildman–Crippen LogP) is 3.92. The Kier molecular flexibility index (Phi) is 6.87. The van der Waals surface area contributed by atoms with E-state index in [1.165, 1.54) is 0 Å². The van der Waals surface area contributed by atoms with Crippen LogP contribution < -0.4 is 5.43 Å². The van der Waals surface area contributed by atoms with Crippen molar-refractivity contribution in [3.8, 4) is 0 Å². The minimum atomic E-state index is -1.17. The quantitative estimate of drug-likeness (QED) is 0.196. The van der Waals surface area contributed by atoms with Crippen molar-refractivity contribution in [1.82, 2.24) is 10.4 Å². The van der Waals surface area contributed by atoms with Crippen molar-refractivity contribution in [1.29, 1.82) is 0 Å². The zero-order chi connectivity index (χ0) is 30.0. The maximum Gasteiger partial charge on any atom is 0.331 e. The largest absolute Gasteiger partial charge is 0.458 e. The third-order valence-electron chi connectivity index (χ3n) is 12.4. The van der Waals surface area contributed by atoms with Crippen LogP contribution >= 0.6 is 0 Å². The molecule has 4 fully saturated rings. The van der Waals surface area contributed by atoms with E-state index in [9.17, 15) is 24.9 Å². The zero-order valence-corrected chi connectivity index (χ0v) is 24.8. The molecule has 0 saturated heterocycles. The summed E-state index contributed by atoms with van der Waals surface area (Å²) in [5, 5.41) is 40.9. The lowest BCUT2D eigenvalue weighted by Crippen LogP contribution is -2.68. The zero-order valence-electron chi connectivity index (χ0n) is 24.8. The van der Waals surface area contributed by atoms with Gasteiger partial charge in [0, 0.05) is 53.1 Å². The molecule has 2 aromatic rings. The summed E-state index contributed by atoms with van der Waals surface area (Å²) in [5.41, 5.74) is 2.57. The number of nitrogens with one attached hydrogen (secondary N) is 2. The van der Waals surface area contributed by atoms with Crippen LogP contribution in [0.15, 0.2) is 47.2 Å². The second-order valence-corrected chi connectivity index (χ2v) is 14.2. The molecule has 5 N–H and O–H groups in total. The highest BCUT2D eigenvalue weighted by Crippen LogP contribution is 2.70. The van der Waals surface area contributed by atoms with Crippen molar-refractivity contribution >= 4 is 29.0 Å². The number of carbonyl (C=O) groups excluding carboxylic acids is 2. The smallest absolute Gasteiger partial charge is 0.331 e. The minimum absolute atomic E-state index is 0.0436. The van der Waals surface area contributed by atoms with E-state index in [1.807, 2.05) is 30.5 Å². The van der Waals surface area contributed by atoms with Gasteiger partial charge in [-0.1, -0.05) is 25.1 Å². The Labute approximate surface area is 251 Å². The molecule has 230 valence electrons. The molecule has 1 aromatic carbocycles. The number of nitrogens with zero attached hydrogens (tertiary/aromatic N) is 1. The molecule has 9 heteroatoms. The number of esters is 1. The van der Waals surface area contributed by atoms with E-state index >= 15 is 0 Å². The number of cyclic esters (lactones) is 1. The molecule has 0 spiro atoms. The van der Waals surface area contributed by atoms with E-state index < -0.39 is 28.1 Å². The van der Waals surface area contributed by atoms with Crippen LogP contribution in [0, 0.1) is 28.6 Å². The molecular formula is C34H43N3O6. The van der Waals surface area contributed by atoms with E-state index in [4.69, 9.17) is 4.74 Å². The molecule has 5 aliphatic rings. The molecule has 0 bridgehead atoms. The van der Waals surface area contributed by atoms with Gasteiger partial charge in [0.05, 0.1) is 17.3 Å². The van der Waals surface area contributed by atoms with Crippen LogP contribution in [-0.4, -0.2) is 62.3 Å². The number of amides is 1. The first-order valence-corrected chi connectivity index (χ1v) is 16.0. The van der Waals surface area contributed by atoms with Crippen molar-refractivity contribution < 1.29 is 29.6 Å². The lowest BCUT2D eigenvalue weighted by molar-refractivity contribution is -0.237. The fourth-order valence-corrected chi connectivity index (χ4v) is 10.2. The van der Waals surface area contributed by atoms with E-state index in [1.54, 1.807) is 12.3 Å². The number of aromatic amines is 1. The van der Waals surface area contributed by atoms with E-state index in [-0.39, 0.29) is 42.5 Å². The van der Waals surface area contributed by atoms with Gasteiger partial charge in [-0.25, -0.2) is 10.2 Å². The molecule has 8 atom stereocenters. The number of H-pyrrole nitrogens is 1. The first-order valence-electron chi connectivity index (χ1n) is 16.0. The fourth-order valence-electron chi connectivity index (χ4n) is 10.2. The van der Waals surface area contributed by atoms with E-state index in [2.05, 4.69) is 22.4 Å². The fraction of sp³-hybridized carbons (Fsp3) is 0.618. The van der Waals surface area contributed by atoms with Gasteiger partial charge in [0.25, 0.3) is 0 Å². The summed E-state index contributed by atoms with van der Waals surface area (Å²) >= 11 is 0. The summed E-state index contributed by atoms with van der Waals surface area (Å²) in [6.07, 6.45) is 11.1. The number of hydrogen-bond acceptors (Lipinski definition) is 7. The van der Waals surface area contributed by atoms with Crippen molar-refractivity contribution in [2.45, 2.75) is 94.9 Å². The third kappa shape index (κ3) is 4.33. The maximum absolute atomic E-state index is 12.9. The van der Waals surface area contributed by atoms with Crippen LogP contribution in [0.5, 0.6) is 0 Å². The molecule has 1 aliphatic heterocycles. The summed E-state index contributed by atoms with van der Waals surface area (Å²) < 4.78 is 5.25. The Morgan fingerprint density at radius 2 is 1.93 bits per heavy atom. The second-order valence-electron chi connectivity index (χ2n) is 14.2. The van der Waals surface area contributed by atoms with Crippen LogP contribution in [-0.2, 0) is 20.7 Å². The van der Waals surface area contributed by atoms with E-state index in [0.29, 0.717) is 45.1 Å². The Morgan fingerprint density at radius 1 is 1.12 bits per heavy atom. The molecule has 1 aromatic heterocycles. The number of ether oxygens (including phenoxy) is 1. The number of rotatable bonds is 6. The van der Waals surface area contributed by atoms with Gasteiger partial charge in [-0.05, 0) is 92.7 Å². The first kappa shape index (κ1) is 28.7. The highest BCUT2D eigenvalue weighted by Gasteiger charge is 2.71. The second kappa shape index (κ2) is 10.3. The van der Waals surface area contributed by atoms with Gasteiger partial charge in [-0.2, -0.15) is 5.10 Å². The SMILES string of the molecule is C[C@]12CC[C@H]3[C@@H](CC[C@@]4(O)C[C@H](O)CC[C@]34/C=N\NC(=O)CCc3c[nH]c4ccccc34)[C@]1(O)CC[C@@H]2C1=CC(=O)OC1. The average molecular weight is 590 g/mol. The summed E-state index contributed by atoms with van der Waals surface area (Å²) in [5.74, 6) is -0.517. The van der Waals surface area contributed by atoms with Gasteiger partial charge >= 0.3 is 5.97 Å². The van der Waals surface area contributed by atoms with Crippen LogP contribution in [0.4, 0.5) is 0 Å². The number of fused-ring (bicyclic) bond motifs is 6. The lowest BCUT2D eigenvalue weighted by Gasteiger charge is -2.65. The molecule has 7 rings (SSSR count). The molecular weight excluding hydrogens is 546 g/mol. The summed E-state index contributed by atoms with van der Waals surface area (Å²) in [7, 11) is 0. The molecule has 0 radical (unpaired) electrons. The summed E-state index contributed by atoms with van der Waals surface area (Å²) in [6, 6.07) is 8.02. The Hall–Kier alpha value is -3.01. The highest BCUT2D eigenvalue weighted by molar-refractivity contribution is 5.85. The van der Waals surface area contributed by atoms with Gasteiger partial charge in [-0.15, -0.1) is 0 Å². The minimum Gasteiger partial charge on any atom is -0.458 e. The van der Waals surface area contributed by atoms with Gasteiger partial charge in [-0.3, -0.25) is 4.79 Å². The van der Waals surface area contributed by atoms with Crippen LogP contribution in [0.3, 0.4) is 0 Å². The Balaban J connectivity index is 1.12. The summed E-state index contributed by atoms with van der Waals surface area (Å²) in [4.78, 5) is 28.0. The van der Waals surface area contributed by atoms with Gasteiger partial charge < -0.3 is 25.0 Å². The number of para-hydroxylation sites is 1. The third-order valence-corrected chi connectivity index (χ3v) is 12.4. The predicted molar refractivity (Wildman–Crippen MR) is 161 cm³/mol. The average Bonchev–Trinajstić information content (AvgIpc) is 3.67. The molecule has 2 heterocycles. The normalized spacial score (nSPS) is 40.6. The number of aromatic nitrogens is 1. The van der Waals surface area contributed by atoms with Crippen molar-refractivity contribution in [3.05, 3.63) is 47.7 Å². The maximum atomic E-state index is 12.9. The Bertz CT molecular complexity index is 1500. The number of hydrazone groups is 1. The van der Waals surface area contributed by atoms with E-state index in [0.717, 1.165) is 41.3 Å². The van der Waals surface area contributed by atoms with Gasteiger partial charge in [0.15, 0.2) is 0 Å². The van der Waals surface area contributed by atoms with Crippen LogP contribution in [0.1, 0.15) is 76.7 Å². The Morgan fingerprint density at radius 3 is 2.74 bits per heavy atom. The van der Waals surface area contributed by atoms with Crippen molar-refractivity contribution in [2.75, 3.05) is 6.61 Å². The van der Waals surface area contributed by atoms with Crippen LogP contribution in [0.25, 0.3) is 10.9 Å². The highest BCUT2D eigenvalue weighted by atomic mass is 16.5. The monoisotopic (exact) mass is 589 g/mol. The molecule has 1 amide bonds. The molecule has 4 saturated carbocycles. The number of hydrogen-bond donors (Lipinski definition) is 5. The molecule has 43 heavy (non-hydrogen) atoms. The number of aliphatic hydroxyl groups excluding tert-OH is 1. The number of carbonyl (C=O) groups is 2. The standard InChI is InChI=1S/C34H43N3O6/c1-31-12-9-26-27(34(31,42)15-11-25(31)22-16-30(40)43-19-22)10-14-33(41)17-23(38)8-13-32(26,33)20-36-37-29(39)7-6-21-18-35-28-5-3-2-4-24(21)28/h2-5,16,18,20,23,25-27,35,38,41-42H,6-15,17,19H2,1H3,(H,37,39)/b36-20-/t23-,25-,26+,27-,31-,32+,33-,34-/m1/s1. The number of benzene rings is 1. The topological polar surface area (TPSA) is 144 Å². The van der Waals surface area contributed by atoms with Gasteiger partial charge in [0.1, 0.15) is 6.61 Å². The molecule has 4 aliphatic carbocycles. The van der Waals surface area contributed by atoms with Gasteiger partial charge in [0.2, 0.25) is 5.91 Å². The summed E-state index contributed by atoms with van der Waals surface area (Å²) in [6.45, 7) is 2.47. The first-order chi connectivity index (χ1) is 20.6. The number of aliphatic hydroxyl groups is 3. The molecule has 0 unspecified atom stereocenters. The van der Waals surface area contributed by atoms with Crippen molar-refractivity contribution in [2.24, 2.45) is 33.7 Å².